The fourth-order valence-electron chi connectivity index (χ4n) is 4.26. The number of anilines is 1. The zero-order valence-electron chi connectivity index (χ0n) is 20.2. The molecule has 0 saturated heterocycles. The van der Waals surface area contributed by atoms with E-state index in [1.165, 1.54) is 22.2 Å². The molecular formula is C25H24ClN5O4S2. The molecule has 5 rings (SSSR count). The van der Waals surface area contributed by atoms with Gasteiger partial charge in [0, 0.05) is 9.90 Å². The van der Waals surface area contributed by atoms with E-state index in [1.807, 2.05) is 6.07 Å². The second-order valence-electron chi connectivity index (χ2n) is 8.53. The zero-order chi connectivity index (χ0) is 26.1. The van der Waals surface area contributed by atoms with Crippen molar-refractivity contribution in [3.8, 4) is 5.69 Å². The third-order valence-corrected chi connectivity index (χ3v) is 8.44. The number of fused-ring (bicyclic) bond motifs is 2. The predicted octanol–water partition coefficient (Wildman–Crippen LogP) is 5.00. The Morgan fingerprint density at radius 2 is 2.14 bits per heavy atom. The molecule has 0 fully saturated rings. The summed E-state index contributed by atoms with van der Waals surface area (Å²) in [6.07, 6.45) is 5.19. The van der Waals surface area contributed by atoms with Crippen LogP contribution in [0.15, 0.2) is 40.4 Å². The number of halogens is 1. The van der Waals surface area contributed by atoms with Crippen LogP contribution < -0.4 is 10.9 Å². The number of aryl methyl sites for hydroxylation is 1. The van der Waals surface area contributed by atoms with Gasteiger partial charge in [-0.05, 0) is 63.3 Å². The average Bonchev–Trinajstić information content (AvgIpc) is 3.45. The van der Waals surface area contributed by atoms with Gasteiger partial charge in [-0.1, -0.05) is 29.4 Å². The molecule has 3 aromatic heterocycles. The monoisotopic (exact) mass is 557 g/mol. The molecule has 1 aromatic carbocycles. The summed E-state index contributed by atoms with van der Waals surface area (Å²) >= 11 is 8.67. The largest absolute Gasteiger partial charge is 0.462 e. The smallest absolute Gasteiger partial charge is 0.341 e. The Morgan fingerprint density at radius 3 is 2.92 bits per heavy atom. The number of H-pyrrole nitrogens is 1. The minimum absolute atomic E-state index is 0.260. The van der Waals surface area contributed by atoms with Gasteiger partial charge in [0.15, 0.2) is 10.8 Å². The Labute approximate surface area is 225 Å². The third-order valence-electron chi connectivity index (χ3n) is 6.01. The van der Waals surface area contributed by atoms with Crippen LogP contribution in [0.3, 0.4) is 0 Å². The first-order chi connectivity index (χ1) is 17.9. The van der Waals surface area contributed by atoms with Crippen LogP contribution in [0.25, 0.3) is 16.7 Å². The molecule has 4 aromatic rings. The fraction of sp³-hybridized carbons (Fsp3) is 0.320. The number of aromatic amines is 1. The summed E-state index contributed by atoms with van der Waals surface area (Å²) < 4.78 is 6.81. The lowest BCUT2D eigenvalue weighted by Crippen LogP contribution is -2.24. The van der Waals surface area contributed by atoms with E-state index in [2.05, 4.69) is 20.4 Å². The second-order valence-corrected chi connectivity index (χ2v) is 11.4. The SMILES string of the molecule is CCOC(=O)c1c(NC(=O)C(C)Sc2nc3c(cnn3-c3cccc(Cl)c3)c(=O)[nH]2)sc2c1CCCC2. The quantitative estimate of drug-likeness (QED) is 0.186. The number of amides is 1. The third kappa shape index (κ3) is 5.16. The van der Waals surface area contributed by atoms with Crippen molar-refractivity contribution < 1.29 is 14.3 Å². The molecule has 1 atom stereocenters. The molecule has 9 nitrogen and oxygen atoms in total. The maximum atomic E-state index is 13.2. The van der Waals surface area contributed by atoms with Gasteiger partial charge in [-0.2, -0.15) is 5.10 Å². The molecule has 3 heterocycles. The van der Waals surface area contributed by atoms with Crippen LogP contribution in [0.5, 0.6) is 0 Å². The van der Waals surface area contributed by atoms with Crippen LogP contribution in [0.1, 0.15) is 47.5 Å². The van der Waals surface area contributed by atoms with E-state index in [0.29, 0.717) is 32.3 Å². The van der Waals surface area contributed by atoms with E-state index in [9.17, 15) is 14.4 Å². The lowest BCUT2D eigenvalue weighted by atomic mass is 9.95. The molecule has 192 valence electrons. The lowest BCUT2D eigenvalue weighted by molar-refractivity contribution is -0.115. The Balaban J connectivity index is 1.40. The topological polar surface area (TPSA) is 119 Å². The van der Waals surface area contributed by atoms with Crippen molar-refractivity contribution in [3.05, 3.63) is 61.8 Å². The highest BCUT2D eigenvalue weighted by atomic mass is 35.5. The molecule has 0 spiro atoms. The van der Waals surface area contributed by atoms with Crippen LogP contribution in [0, 0.1) is 0 Å². The van der Waals surface area contributed by atoms with E-state index in [0.717, 1.165) is 47.9 Å². The molecule has 0 bridgehead atoms. The molecule has 0 radical (unpaired) electrons. The number of thiophene rings is 1. The van der Waals surface area contributed by atoms with Gasteiger partial charge in [0.2, 0.25) is 5.91 Å². The van der Waals surface area contributed by atoms with Crippen molar-refractivity contribution in [3.63, 3.8) is 0 Å². The molecule has 0 aliphatic heterocycles. The van der Waals surface area contributed by atoms with Crippen molar-refractivity contribution >= 4 is 62.6 Å². The van der Waals surface area contributed by atoms with Gasteiger partial charge < -0.3 is 15.0 Å². The molecule has 1 amide bonds. The first-order valence-corrected chi connectivity index (χ1v) is 14.0. The molecular weight excluding hydrogens is 534 g/mol. The van der Waals surface area contributed by atoms with E-state index >= 15 is 0 Å². The number of hydrogen-bond acceptors (Lipinski definition) is 8. The number of benzene rings is 1. The van der Waals surface area contributed by atoms with Crippen LogP contribution in [-0.2, 0) is 22.4 Å². The molecule has 1 aliphatic carbocycles. The highest BCUT2D eigenvalue weighted by Gasteiger charge is 2.28. The number of carbonyl (C=O) groups is 2. The predicted molar refractivity (Wildman–Crippen MR) is 145 cm³/mol. The normalized spacial score (nSPS) is 13.8. The van der Waals surface area contributed by atoms with E-state index in [-0.39, 0.29) is 23.2 Å². The lowest BCUT2D eigenvalue weighted by Gasteiger charge is -2.13. The van der Waals surface area contributed by atoms with Crippen molar-refractivity contribution in [1.82, 2.24) is 19.7 Å². The van der Waals surface area contributed by atoms with Gasteiger partial charge in [-0.15, -0.1) is 11.3 Å². The number of hydrogen-bond donors (Lipinski definition) is 2. The van der Waals surface area contributed by atoms with Crippen LogP contribution >= 0.6 is 34.7 Å². The summed E-state index contributed by atoms with van der Waals surface area (Å²) in [7, 11) is 0. The highest BCUT2D eigenvalue weighted by molar-refractivity contribution is 8.00. The van der Waals surface area contributed by atoms with Crippen molar-refractivity contribution in [2.24, 2.45) is 0 Å². The Hall–Kier alpha value is -3.15. The maximum Gasteiger partial charge on any atom is 0.341 e. The molecule has 12 heteroatoms. The first-order valence-electron chi connectivity index (χ1n) is 11.9. The summed E-state index contributed by atoms with van der Waals surface area (Å²) in [5.41, 5.74) is 2.11. The number of nitrogens with one attached hydrogen (secondary N) is 2. The summed E-state index contributed by atoms with van der Waals surface area (Å²) in [6.45, 7) is 3.74. The fourth-order valence-corrected chi connectivity index (χ4v) is 6.52. The van der Waals surface area contributed by atoms with Crippen molar-refractivity contribution in [2.75, 3.05) is 11.9 Å². The van der Waals surface area contributed by atoms with Crippen LogP contribution in [0.2, 0.25) is 5.02 Å². The summed E-state index contributed by atoms with van der Waals surface area (Å²) in [5.74, 6) is -0.719. The summed E-state index contributed by atoms with van der Waals surface area (Å²) in [4.78, 5) is 47.0. The molecule has 2 N–H and O–H groups in total. The average molecular weight is 558 g/mol. The van der Waals surface area contributed by atoms with E-state index in [1.54, 1.807) is 32.0 Å². The van der Waals surface area contributed by atoms with Crippen LogP contribution in [0.4, 0.5) is 5.00 Å². The van der Waals surface area contributed by atoms with Gasteiger partial charge >= 0.3 is 5.97 Å². The first kappa shape index (κ1) is 25.5. The van der Waals surface area contributed by atoms with Crippen molar-refractivity contribution in [1.29, 1.82) is 0 Å². The maximum absolute atomic E-state index is 13.2. The Kier molecular flexibility index (Phi) is 7.36. The van der Waals surface area contributed by atoms with Crippen LogP contribution in [-0.4, -0.2) is 43.5 Å². The standard InChI is InChI=1S/C25H24ClN5O4S2/c1-3-35-24(34)19-16-9-4-5-10-18(16)37-23(19)29-21(32)13(2)36-25-28-20-17(22(33)30-25)12-27-31(20)15-8-6-7-14(26)11-15/h6-8,11-13H,3-5,9-10H2,1-2H3,(H,29,32)(H,28,30,33). The van der Waals surface area contributed by atoms with Gasteiger partial charge in [0.05, 0.1) is 29.3 Å². The number of aromatic nitrogens is 4. The van der Waals surface area contributed by atoms with E-state index < -0.39 is 11.2 Å². The molecule has 1 unspecified atom stereocenters. The number of ether oxygens (including phenoxy) is 1. The molecule has 1 aliphatic rings. The minimum Gasteiger partial charge on any atom is -0.462 e. The van der Waals surface area contributed by atoms with Gasteiger partial charge in [-0.3, -0.25) is 9.59 Å². The summed E-state index contributed by atoms with van der Waals surface area (Å²) in [6, 6.07) is 7.07. The van der Waals surface area contributed by atoms with Gasteiger partial charge in [0.1, 0.15) is 10.4 Å². The molecule has 37 heavy (non-hydrogen) atoms. The van der Waals surface area contributed by atoms with E-state index in [4.69, 9.17) is 16.3 Å². The Bertz CT molecular complexity index is 1560. The second kappa shape index (κ2) is 10.7. The summed E-state index contributed by atoms with van der Waals surface area (Å²) in [5, 5.41) is 8.25. The highest BCUT2D eigenvalue weighted by Crippen LogP contribution is 2.39. The Morgan fingerprint density at radius 1 is 1.32 bits per heavy atom. The number of carbonyl (C=O) groups excluding carboxylic acids is 2. The zero-order valence-corrected chi connectivity index (χ0v) is 22.6. The number of esters is 1. The van der Waals surface area contributed by atoms with Crippen molar-refractivity contribution in [2.45, 2.75) is 49.9 Å². The number of thioether (sulfide) groups is 1. The molecule has 0 saturated carbocycles. The number of rotatable bonds is 7. The van der Waals surface area contributed by atoms with Gasteiger partial charge in [0.25, 0.3) is 5.56 Å². The number of nitrogens with zero attached hydrogens (tertiary/aromatic N) is 3. The minimum atomic E-state index is -0.614. The van der Waals surface area contributed by atoms with Gasteiger partial charge in [-0.25, -0.2) is 14.5 Å².